The summed E-state index contributed by atoms with van der Waals surface area (Å²) in [5.74, 6) is 1.61. The van der Waals surface area contributed by atoms with E-state index in [1.807, 2.05) is 67.3 Å². The minimum absolute atomic E-state index is 0.0533. The first-order valence-corrected chi connectivity index (χ1v) is 11.1. The maximum Gasteiger partial charge on any atom is 0.254 e. The first kappa shape index (κ1) is 23.6. The number of aliphatic imine (C=N–C) groups is 1. The van der Waals surface area contributed by atoms with Gasteiger partial charge in [-0.2, -0.15) is 0 Å². The molecule has 1 amide bonds. The van der Waals surface area contributed by atoms with Crippen molar-refractivity contribution in [1.29, 1.82) is 0 Å². The lowest BCUT2D eigenvalue weighted by Gasteiger charge is -2.35. The van der Waals surface area contributed by atoms with E-state index < -0.39 is 0 Å². The van der Waals surface area contributed by atoms with Gasteiger partial charge < -0.3 is 25.0 Å². The van der Waals surface area contributed by atoms with Crippen molar-refractivity contribution in [3.8, 4) is 5.75 Å². The molecule has 1 heterocycles. The summed E-state index contributed by atoms with van der Waals surface area (Å²) in [4.78, 5) is 18.9. The maximum atomic E-state index is 12.8. The van der Waals surface area contributed by atoms with E-state index in [2.05, 4.69) is 22.5 Å². The van der Waals surface area contributed by atoms with Crippen LogP contribution in [0.15, 0.2) is 53.5 Å². The van der Waals surface area contributed by atoms with Crippen LogP contribution in [0.2, 0.25) is 0 Å². The Morgan fingerprint density at radius 3 is 2.34 bits per heavy atom. The summed E-state index contributed by atoms with van der Waals surface area (Å²) in [6.07, 6.45) is 0.125. The zero-order valence-electron chi connectivity index (χ0n) is 19.4. The highest BCUT2D eigenvalue weighted by Gasteiger charge is 2.26. The summed E-state index contributed by atoms with van der Waals surface area (Å²) in [7, 11) is 1.74. The molecule has 7 heteroatoms. The molecule has 0 aromatic heterocycles. The lowest BCUT2D eigenvalue weighted by molar-refractivity contribution is -0.0586. The topological polar surface area (TPSA) is 75.2 Å². The third-order valence-electron chi connectivity index (χ3n) is 5.28. The summed E-state index contributed by atoms with van der Waals surface area (Å²) >= 11 is 0. The fourth-order valence-corrected chi connectivity index (χ4v) is 3.67. The molecule has 0 radical (unpaired) electrons. The quantitative estimate of drug-likeness (QED) is 0.395. The van der Waals surface area contributed by atoms with Gasteiger partial charge in [0.2, 0.25) is 0 Å². The lowest BCUT2D eigenvalue weighted by atomic mass is 10.1. The van der Waals surface area contributed by atoms with Crippen molar-refractivity contribution >= 4 is 11.9 Å². The Morgan fingerprint density at radius 1 is 1.06 bits per heavy atom. The number of amides is 1. The Morgan fingerprint density at radius 2 is 1.72 bits per heavy atom. The first-order chi connectivity index (χ1) is 15.4. The molecule has 2 atom stereocenters. The molecule has 0 spiro atoms. The number of benzene rings is 2. The molecule has 1 saturated heterocycles. The number of carbonyl (C=O) groups excluding carboxylic acids is 1. The van der Waals surface area contributed by atoms with Crippen LogP contribution in [-0.4, -0.2) is 62.3 Å². The van der Waals surface area contributed by atoms with Crippen molar-refractivity contribution in [1.82, 2.24) is 15.5 Å². The van der Waals surface area contributed by atoms with Crippen molar-refractivity contribution in [3.63, 3.8) is 0 Å². The second kappa shape index (κ2) is 11.5. The Bertz CT molecular complexity index is 886. The summed E-state index contributed by atoms with van der Waals surface area (Å²) in [5.41, 5.74) is 2.98. The molecular formula is C25H34N4O3. The van der Waals surface area contributed by atoms with Gasteiger partial charge in [-0.05, 0) is 50.6 Å². The zero-order valence-corrected chi connectivity index (χ0v) is 19.4. The van der Waals surface area contributed by atoms with Gasteiger partial charge in [0.1, 0.15) is 12.4 Å². The summed E-state index contributed by atoms with van der Waals surface area (Å²) < 4.78 is 11.4. The molecule has 1 aliphatic heterocycles. The number of aryl methyl sites for hydroxylation is 1. The van der Waals surface area contributed by atoms with Gasteiger partial charge in [-0.3, -0.25) is 9.79 Å². The Balaban J connectivity index is 1.42. The lowest BCUT2D eigenvalue weighted by Crippen LogP contribution is -2.48. The van der Waals surface area contributed by atoms with Gasteiger partial charge in [-0.15, -0.1) is 0 Å². The highest BCUT2D eigenvalue weighted by atomic mass is 16.5. The molecule has 1 fully saturated rings. The van der Waals surface area contributed by atoms with Crippen LogP contribution < -0.4 is 15.4 Å². The molecule has 3 rings (SSSR count). The normalized spacial score (nSPS) is 18.9. The van der Waals surface area contributed by atoms with Crippen LogP contribution in [0.25, 0.3) is 0 Å². The average molecular weight is 439 g/mol. The molecule has 172 valence electrons. The van der Waals surface area contributed by atoms with E-state index in [0.29, 0.717) is 44.3 Å². The molecular weight excluding hydrogens is 404 g/mol. The molecule has 2 N–H and O–H groups in total. The first-order valence-electron chi connectivity index (χ1n) is 11.1. The number of ether oxygens (including phenoxy) is 2. The summed E-state index contributed by atoms with van der Waals surface area (Å²) in [5, 5.41) is 6.53. The van der Waals surface area contributed by atoms with Crippen molar-refractivity contribution in [2.75, 3.05) is 33.3 Å². The highest BCUT2D eigenvalue weighted by molar-refractivity contribution is 5.94. The molecule has 1 aliphatic rings. The van der Waals surface area contributed by atoms with E-state index in [1.165, 1.54) is 5.56 Å². The minimum atomic E-state index is 0.0533. The molecule has 0 bridgehead atoms. The molecule has 2 aromatic carbocycles. The number of carbonyl (C=O) groups is 1. The molecule has 0 aliphatic carbocycles. The van der Waals surface area contributed by atoms with Gasteiger partial charge >= 0.3 is 0 Å². The number of nitrogens with zero attached hydrogens (tertiary/aromatic N) is 2. The molecule has 2 aromatic rings. The van der Waals surface area contributed by atoms with Gasteiger partial charge in [0, 0.05) is 32.2 Å². The van der Waals surface area contributed by atoms with E-state index >= 15 is 0 Å². The Hall–Kier alpha value is -3.06. The van der Waals surface area contributed by atoms with Crippen molar-refractivity contribution < 1.29 is 14.3 Å². The van der Waals surface area contributed by atoms with Gasteiger partial charge in [0.15, 0.2) is 5.96 Å². The molecule has 0 saturated carbocycles. The second-order valence-corrected chi connectivity index (χ2v) is 8.18. The van der Waals surface area contributed by atoms with Crippen molar-refractivity contribution in [2.45, 2.75) is 39.5 Å². The van der Waals surface area contributed by atoms with Crippen molar-refractivity contribution in [3.05, 3.63) is 65.2 Å². The van der Waals surface area contributed by atoms with E-state index in [4.69, 9.17) is 9.47 Å². The fourth-order valence-electron chi connectivity index (χ4n) is 3.67. The third-order valence-corrected chi connectivity index (χ3v) is 5.28. The van der Waals surface area contributed by atoms with Crippen LogP contribution >= 0.6 is 0 Å². The van der Waals surface area contributed by atoms with Crippen LogP contribution in [0, 0.1) is 6.92 Å². The van der Waals surface area contributed by atoms with E-state index in [9.17, 15) is 4.79 Å². The second-order valence-electron chi connectivity index (χ2n) is 8.18. The standard InChI is InChI=1S/C25H34N4O3/c1-18-5-11-23(12-6-18)31-14-13-27-25(26-4)28-15-21-7-9-22(10-8-21)24(30)29-16-19(2)32-20(3)17-29/h5-12,19-20H,13-17H2,1-4H3,(H2,26,27,28). The largest absolute Gasteiger partial charge is 0.492 e. The minimum Gasteiger partial charge on any atom is -0.492 e. The number of rotatable bonds is 7. The van der Waals surface area contributed by atoms with E-state index in [0.717, 1.165) is 11.3 Å². The monoisotopic (exact) mass is 438 g/mol. The Kier molecular flexibility index (Phi) is 8.50. The SMILES string of the molecule is CN=C(NCCOc1ccc(C)cc1)NCc1ccc(C(=O)N2CC(C)OC(C)C2)cc1. The molecule has 2 unspecified atom stereocenters. The highest BCUT2D eigenvalue weighted by Crippen LogP contribution is 2.15. The number of morpholine rings is 1. The van der Waals surface area contributed by atoms with E-state index in [1.54, 1.807) is 7.05 Å². The van der Waals surface area contributed by atoms with Crippen LogP contribution in [0.4, 0.5) is 0 Å². The average Bonchev–Trinajstić information content (AvgIpc) is 2.79. The maximum absolute atomic E-state index is 12.8. The summed E-state index contributed by atoms with van der Waals surface area (Å²) in [6.45, 7) is 9.09. The van der Waals surface area contributed by atoms with Crippen LogP contribution in [0.1, 0.15) is 35.3 Å². The van der Waals surface area contributed by atoms with Gasteiger partial charge in [-0.1, -0.05) is 29.8 Å². The van der Waals surface area contributed by atoms with Gasteiger partial charge in [-0.25, -0.2) is 0 Å². The van der Waals surface area contributed by atoms with Crippen LogP contribution in [0.5, 0.6) is 5.75 Å². The zero-order chi connectivity index (χ0) is 22.9. The van der Waals surface area contributed by atoms with Crippen LogP contribution in [-0.2, 0) is 11.3 Å². The number of hydrogen-bond acceptors (Lipinski definition) is 4. The number of hydrogen-bond donors (Lipinski definition) is 2. The molecule has 7 nitrogen and oxygen atoms in total. The predicted molar refractivity (Wildman–Crippen MR) is 127 cm³/mol. The van der Waals surface area contributed by atoms with Crippen LogP contribution in [0.3, 0.4) is 0 Å². The summed E-state index contributed by atoms with van der Waals surface area (Å²) in [6, 6.07) is 15.7. The smallest absolute Gasteiger partial charge is 0.254 e. The van der Waals surface area contributed by atoms with E-state index in [-0.39, 0.29) is 18.1 Å². The van der Waals surface area contributed by atoms with Crippen molar-refractivity contribution in [2.24, 2.45) is 4.99 Å². The number of nitrogens with one attached hydrogen (secondary N) is 2. The molecule has 32 heavy (non-hydrogen) atoms. The number of guanidine groups is 1. The predicted octanol–water partition coefficient (Wildman–Crippen LogP) is 2.99. The third kappa shape index (κ3) is 6.99. The van der Waals surface area contributed by atoms with Gasteiger partial charge in [0.25, 0.3) is 5.91 Å². The fraction of sp³-hybridized carbons (Fsp3) is 0.440. The van der Waals surface area contributed by atoms with Gasteiger partial charge in [0.05, 0.1) is 18.8 Å². The Labute approximate surface area is 190 Å².